The lowest BCUT2D eigenvalue weighted by molar-refractivity contribution is -0.121. The molecule has 21 heavy (non-hydrogen) atoms. The number of hydrogen-bond donors (Lipinski definition) is 1. The molecule has 1 aliphatic rings. The number of hydrogen-bond acceptors (Lipinski definition) is 1. The Hall–Kier alpha value is -2.09. The van der Waals surface area contributed by atoms with Crippen LogP contribution in [0, 0.1) is 0 Å². The highest BCUT2D eigenvalue weighted by atomic mass is 16.1. The molecular weight excluding hydrogens is 258 g/mol. The molecule has 1 amide bonds. The molecule has 2 aromatic carbocycles. The number of carbonyl (C=O) groups excluding carboxylic acids is 1. The van der Waals surface area contributed by atoms with Crippen LogP contribution in [0.15, 0.2) is 54.6 Å². The number of rotatable bonds is 3. The minimum absolute atomic E-state index is 0.145. The Kier molecular flexibility index (Phi) is 4.05. The molecule has 0 unspecified atom stereocenters. The van der Waals surface area contributed by atoms with Crippen LogP contribution in [0.1, 0.15) is 42.4 Å². The summed E-state index contributed by atoms with van der Waals surface area (Å²) in [7, 11) is 0. The molecule has 0 spiro atoms. The molecular formula is C19H21NO. The van der Waals surface area contributed by atoms with Gasteiger partial charge in [-0.3, -0.25) is 4.79 Å². The Bertz CT molecular complexity index is 620. The maximum atomic E-state index is 11.7. The van der Waals surface area contributed by atoms with E-state index in [4.69, 9.17) is 0 Å². The summed E-state index contributed by atoms with van der Waals surface area (Å²) in [4.78, 5) is 11.7. The van der Waals surface area contributed by atoms with Crippen molar-refractivity contribution < 1.29 is 4.79 Å². The predicted octanol–water partition coefficient (Wildman–Crippen LogP) is 3.66. The first kappa shape index (κ1) is 13.9. The standard InChI is InChI=1S/C19H21NO/c1-2-19(21)20-16-12-15-10-6-7-11-17(15)18(13-16)14-8-4-3-5-9-14/h3-11,16,18H,2,12-13H2,1H3,(H,20,21)/t16-,18-/m0/s1. The second-order valence-corrected chi connectivity index (χ2v) is 5.72. The number of amides is 1. The molecule has 2 atom stereocenters. The number of benzene rings is 2. The lowest BCUT2D eigenvalue weighted by Crippen LogP contribution is -2.39. The van der Waals surface area contributed by atoms with E-state index >= 15 is 0 Å². The van der Waals surface area contributed by atoms with Gasteiger partial charge in [0.25, 0.3) is 0 Å². The highest BCUT2D eigenvalue weighted by Gasteiger charge is 2.28. The fourth-order valence-corrected chi connectivity index (χ4v) is 3.26. The Morgan fingerprint density at radius 2 is 1.81 bits per heavy atom. The molecule has 108 valence electrons. The molecule has 2 nitrogen and oxygen atoms in total. The van der Waals surface area contributed by atoms with Crippen LogP contribution in [-0.4, -0.2) is 11.9 Å². The zero-order valence-corrected chi connectivity index (χ0v) is 12.4. The topological polar surface area (TPSA) is 29.1 Å². The SMILES string of the molecule is CCC(=O)N[C@H]1Cc2ccccc2[C@H](c2ccccc2)C1. The van der Waals surface area contributed by atoms with Gasteiger partial charge in [0.1, 0.15) is 0 Å². The second kappa shape index (κ2) is 6.13. The van der Waals surface area contributed by atoms with Crippen LogP contribution in [0.5, 0.6) is 0 Å². The third-order valence-electron chi connectivity index (χ3n) is 4.31. The fourth-order valence-electron chi connectivity index (χ4n) is 3.26. The van der Waals surface area contributed by atoms with Crippen LogP contribution < -0.4 is 5.32 Å². The third-order valence-corrected chi connectivity index (χ3v) is 4.31. The third kappa shape index (κ3) is 2.99. The Labute approximate surface area is 126 Å². The maximum Gasteiger partial charge on any atom is 0.219 e. The van der Waals surface area contributed by atoms with E-state index in [9.17, 15) is 4.79 Å². The molecule has 1 N–H and O–H groups in total. The van der Waals surface area contributed by atoms with E-state index in [1.807, 2.05) is 6.92 Å². The molecule has 1 aliphatic carbocycles. The van der Waals surface area contributed by atoms with Gasteiger partial charge in [0, 0.05) is 18.4 Å². The van der Waals surface area contributed by atoms with Crippen molar-refractivity contribution in [3.8, 4) is 0 Å². The Morgan fingerprint density at radius 3 is 2.57 bits per heavy atom. The quantitative estimate of drug-likeness (QED) is 0.912. The summed E-state index contributed by atoms with van der Waals surface area (Å²) in [6, 6.07) is 19.5. The van der Waals surface area contributed by atoms with Crippen LogP contribution in [0.3, 0.4) is 0 Å². The van der Waals surface area contributed by atoms with Gasteiger partial charge in [-0.25, -0.2) is 0 Å². The Balaban J connectivity index is 1.93. The van der Waals surface area contributed by atoms with Crippen molar-refractivity contribution in [3.63, 3.8) is 0 Å². The first-order chi connectivity index (χ1) is 10.3. The van der Waals surface area contributed by atoms with E-state index in [0.29, 0.717) is 12.3 Å². The summed E-state index contributed by atoms with van der Waals surface area (Å²) in [6.45, 7) is 1.90. The van der Waals surface area contributed by atoms with Crippen molar-refractivity contribution in [1.29, 1.82) is 0 Å². The molecule has 0 fully saturated rings. The van der Waals surface area contributed by atoms with E-state index in [-0.39, 0.29) is 11.9 Å². The van der Waals surface area contributed by atoms with E-state index in [0.717, 1.165) is 12.8 Å². The number of nitrogens with one attached hydrogen (secondary N) is 1. The van der Waals surface area contributed by atoms with Crippen molar-refractivity contribution >= 4 is 5.91 Å². The number of fused-ring (bicyclic) bond motifs is 1. The molecule has 2 aromatic rings. The van der Waals surface area contributed by atoms with Gasteiger partial charge >= 0.3 is 0 Å². The molecule has 0 saturated heterocycles. The van der Waals surface area contributed by atoms with Crippen LogP contribution in [0.2, 0.25) is 0 Å². The van der Waals surface area contributed by atoms with Gasteiger partial charge in [0.05, 0.1) is 0 Å². The van der Waals surface area contributed by atoms with Crippen molar-refractivity contribution in [2.75, 3.05) is 0 Å². The van der Waals surface area contributed by atoms with Crippen LogP contribution in [0.25, 0.3) is 0 Å². The summed E-state index contributed by atoms with van der Waals surface area (Å²) in [5.74, 6) is 0.518. The average molecular weight is 279 g/mol. The second-order valence-electron chi connectivity index (χ2n) is 5.72. The van der Waals surface area contributed by atoms with Gasteiger partial charge in [-0.15, -0.1) is 0 Å². The number of carbonyl (C=O) groups is 1. The van der Waals surface area contributed by atoms with Crippen LogP contribution >= 0.6 is 0 Å². The van der Waals surface area contributed by atoms with Gasteiger partial charge < -0.3 is 5.32 Å². The van der Waals surface area contributed by atoms with Gasteiger partial charge in [-0.2, -0.15) is 0 Å². The highest BCUT2D eigenvalue weighted by Crippen LogP contribution is 2.36. The van der Waals surface area contributed by atoms with E-state index < -0.39 is 0 Å². The van der Waals surface area contributed by atoms with E-state index in [2.05, 4.69) is 59.9 Å². The molecule has 0 aromatic heterocycles. The maximum absolute atomic E-state index is 11.7. The first-order valence-corrected chi connectivity index (χ1v) is 7.70. The normalized spacial score (nSPS) is 20.6. The monoisotopic (exact) mass is 279 g/mol. The molecule has 0 bridgehead atoms. The molecule has 0 heterocycles. The smallest absolute Gasteiger partial charge is 0.219 e. The van der Waals surface area contributed by atoms with Gasteiger partial charge in [0.15, 0.2) is 0 Å². The zero-order chi connectivity index (χ0) is 14.7. The molecule has 0 aliphatic heterocycles. The van der Waals surface area contributed by atoms with Crippen LogP contribution in [0.4, 0.5) is 0 Å². The van der Waals surface area contributed by atoms with Gasteiger partial charge in [-0.1, -0.05) is 61.5 Å². The molecule has 0 radical (unpaired) electrons. The van der Waals surface area contributed by atoms with Crippen molar-refractivity contribution in [2.45, 2.75) is 38.1 Å². The fraction of sp³-hybridized carbons (Fsp3) is 0.316. The first-order valence-electron chi connectivity index (χ1n) is 7.70. The summed E-state index contributed by atoms with van der Waals surface area (Å²) in [5, 5.41) is 3.17. The molecule has 3 rings (SSSR count). The van der Waals surface area contributed by atoms with Gasteiger partial charge in [-0.05, 0) is 29.5 Å². The lowest BCUT2D eigenvalue weighted by Gasteiger charge is -2.32. The average Bonchev–Trinajstić information content (AvgIpc) is 2.55. The van der Waals surface area contributed by atoms with Gasteiger partial charge in [0.2, 0.25) is 5.91 Å². The minimum atomic E-state index is 0.145. The summed E-state index contributed by atoms with van der Waals surface area (Å²) < 4.78 is 0. The zero-order valence-electron chi connectivity index (χ0n) is 12.4. The van der Waals surface area contributed by atoms with Crippen molar-refractivity contribution in [3.05, 3.63) is 71.3 Å². The molecule has 0 saturated carbocycles. The van der Waals surface area contributed by atoms with E-state index in [1.54, 1.807) is 0 Å². The van der Waals surface area contributed by atoms with Crippen molar-refractivity contribution in [2.24, 2.45) is 0 Å². The Morgan fingerprint density at radius 1 is 1.10 bits per heavy atom. The molecule has 2 heteroatoms. The largest absolute Gasteiger partial charge is 0.353 e. The lowest BCUT2D eigenvalue weighted by atomic mass is 9.76. The predicted molar refractivity (Wildman–Crippen MR) is 85.3 cm³/mol. The van der Waals surface area contributed by atoms with Crippen molar-refractivity contribution in [1.82, 2.24) is 5.32 Å². The summed E-state index contributed by atoms with van der Waals surface area (Å²) >= 11 is 0. The van der Waals surface area contributed by atoms with E-state index in [1.165, 1.54) is 16.7 Å². The summed E-state index contributed by atoms with van der Waals surface area (Å²) in [6.07, 6.45) is 2.46. The van der Waals surface area contributed by atoms with Crippen LogP contribution in [-0.2, 0) is 11.2 Å². The minimum Gasteiger partial charge on any atom is -0.353 e. The highest BCUT2D eigenvalue weighted by molar-refractivity contribution is 5.76. The summed E-state index contributed by atoms with van der Waals surface area (Å²) in [5.41, 5.74) is 4.10.